The zero-order valence-corrected chi connectivity index (χ0v) is 16.3. The van der Waals surface area contributed by atoms with E-state index in [9.17, 15) is 4.79 Å². The van der Waals surface area contributed by atoms with Crippen LogP contribution in [0.2, 0.25) is 0 Å². The maximum atomic E-state index is 12.1. The Morgan fingerprint density at radius 1 is 1.37 bits per heavy atom. The Morgan fingerprint density at radius 2 is 2.19 bits per heavy atom. The predicted octanol–water partition coefficient (Wildman–Crippen LogP) is 2.82. The van der Waals surface area contributed by atoms with Gasteiger partial charge >= 0.3 is 0 Å². The molecule has 4 rings (SSSR count). The normalized spacial score (nSPS) is 15.6. The van der Waals surface area contributed by atoms with E-state index < -0.39 is 0 Å². The molecule has 1 N–H and O–H groups in total. The number of ether oxygens (including phenoxy) is 2. The van der Waals surface area contributed by atoms with Gasteiger partial charge in [-0.1, -0.05) is 23.9 Å². The SMILES string of the molecule is Cc1csc(NC(=O)CSc2nnc(C3COc4ccccc4O3)n2C)n1. The minimum Gasteiger partial charge on any atom is -0.485 e. The Bertz CT molecular complexity index is 971. The molecular formula is C17H17N5O3S2. The zero-order chi connectivity index (χ0) is 18.8. The number of nitrogens with zero attached hydrogens (tertiary/aromatic N) is 4. The van der Waals surface area contributed by atoms with Gasteiger partial charge in [0.05, 0.1) is 11.4 Å². The summed E-state index contributed by atoms with van der Waals surface area (Å²) in [6.07, 6.45) is -0.348. The number of carbonyl (C=O) groups excluding carboxylic acids is 1. The van der Waals surface area contributed by atoms with E-state index in [0.29, 0.717) is 28.5 Å². The lowest BCUT2D eigenvalue weighted by Crippen LogP contribution is -2.24. The number of para-hydroxylation sites is 2. The average molecular weight is 403 g/mol. The van der Waals surface area contributed by atoms with Gasteiger partial charge in [-0.25, -0.2) is 4.98 Å². The van der Waals surface area contributed by atoms with Crippen LogP contribution in [-0.4, -0.2) is 38.0 Å². The van der Waals surface area contributed by atoms with Gasteiger partial charge in [0.25, 0.3) is 0 Å². The molecule has 1 unspecified atom stereocenters. The summed E-state index contributed by atoms with van der Waals surface area (Å²) in [4.78, 5) is 16.3. The third-order valence-corrected chi connectivity index (χ3v) is 5.76. The number of carbonyl (C=O) groups is 1. The van der Waals surface area contributed by atoms with Crippen LogP contribution in [0.3, 0.4) is 0 Å². The smallest absolute Gasteiger partial charge is 0.236 e. The van der Waals surface area contributed by atoms with Crippen molar-refractivity contribution < 1.29 is 14.3 Å². The van der Waals surface area contributed by atoms with Gasteiger partial charge in [-0.2, -0.15) is 0 Å². The first kappa shape index (κ1) is 17.8. The van der Waals surface area contributed by atoms with Gasteiger partial charge in [-0.05, 0) is 19.1 Å². The summed E-state index contributed by atoms with van der Waals surface area (Å²) in [5.74, 6) is 2.15. The molecule has 1 aliphatic rings. The topological polar surface area (TPSA) is 91.2 Å². The molecule has 0 fully saturated rings. The Hall–Kier alpha value is -2.59. The van der Waals surface area contributed by atoms with Gasteiger partial charge in [0.2, 0.25) is 5.91 Å². The highest BCUT2D eigenvalue weighted by Gasteiger charge is 2.27. The third kappa shape index (κ3) is 3.91. The molecule has 140 valence electrons. The van der Waals surface area contributed by atoms with Crippen LogP contribution in [0, 0.1) is 6.92 Å². The van der Waals surface area contributed by atoms with Crippen LogP contribution < -0.4 is 14.8 Å². The van der Waals surface area contributed by atoms with E-state index in [1.807, 2.05) is 48.2 Å². The lowest BCUT2D eigenvalue weighted by Gasteiger charge is -2.25. The van der Waals surface area contributed by atoms with Gasteiger partial charge in [-0.15, -0.1) is 21.5 Å². The van der Waals surface area contributed by atoms with Crippen molar-refractivity contribution in [2.45, 2.75) is 18.2 Å². The van der Waals surface area contributed by atoms with Gasteiger partial charge in [-0.3, -0.25) is 4.79 Å². The number of fused-ring (bicyclic) bond motifs is 1. The van der Waals surface area contributed by atoms with Gasteiger partial charge < -0.3 is 19.4 Å². The van der Waals surface area contributed by atoms with E-state index in [-0.39, 0.29) is 17.8 Å². The molecule has 1 aromatic carbocycles. The van der Waals surface area contributed by atoms with Crippen molar-refractivity contribution >= 4 is 34.1 Å². The Labute approximate surface area is 163 Å². The number of anilines is 1. The molecule has 2 aromatic heterocycles. The molecule has 3 heterocycles. The molecule has 0 spiro atoms. The Morgan fingerprint density at radius 3 is 2.96 bits per heavy atom. The third-order valence-electron chi connectivity index (χ3n) is 3.86. The molecule has 1 amide bonds. The summed E-state index contributed by atoms with van der Waals surface area (Å²) in [6, 6.07) is 7.52. The molecule has 1 aliphatic heterocycles. The first-order valence-corrected chi connectivity index (χ1v) is 10.1. The number of aryl methyl sites for hydroxylation is 1. The number of rotatable bonds is 5. The van der Waals surface area contributed by atoms with E-state index in [1.165, 1.54) is 23.1 Å². The first-order chi connectivity index (χ1) is 13.1. The molecule has 0 radical (unpaired) electrons. The number of amides is 1. The Balaban J connectivity index is 1.38. The second-order valence-electron chi connectivity index (χ2n) is 5.89. The molecule has 3 aromatic rings. The van der Waals surface area contributed by atoms with E-state index in [2.05, 4.69) is 20.5 Å². The number of thioether (sulfide) groups is 1. The molecule has 0 bridgehead atoms. The molecule has 0 saturated heterocycles. The van der Waals surface area contributed by atoms with Crippen molar-refractivity contribution in [1.82, 2.24) is 19.7 Å². The van der Waals surface area contributed by atoms with Crippen molar-refractivity contribution in [3.05, 3.63) is 41.2 Å². The standard InChI is InChI=1S/C17H17N5O3S2/c1-10-8-26-16(18-10)19-14(23)9-27-17-21-20-15(22(17)2)13-7-24-11-5-3-4-6-12(11)25-13/h3-6,8,13H,7,9H2,1-2H3,(H,18,19,23). The molecule has 27 heavy (non-hydrogen) atoms. The summed E-state index contributed by atoms with van der Waals surface area (Å²) >= 11 is 2.71. The van der Waals surface area contributed by atoms with Gasteiger partial charge in [0, 0.05) is 12.4 Å². The van der Waals surface area contributed by atoms with E-state index in [0.717, 1.165) is 11.4 Å². The average Bonchev–Trinajstić information content (AvgIpc) is 3.25. The van der Waals surface area contributed by atoms with Crippen LogP contribution in [0.4, 0.5) is 5.13 Å². The molecule has 10 heteroatoms. The second-order valence-corrected chi connectivity index (χ2v) is 7.70. The maximum Gasteiger partial charge on any atom is 0.236 e. The number of hydrogen-bond acceptors (Lipinski definition) is 8. The molecular weight excluding hydrogens is 386 g/mol. The number of thiazole rings is 1. The molecule has 8 nitrogen and oxygen atoms in total. The highest BCUT2D eigenvalue weighted by molar-refractivity contribution is 7.99. The monoisotopic (exact) mass is 403 g/mol. The fraction of sp³-hybridized carbons (Fsp3) is 0.294. The van der Waals surface area contributed by atoms with Crippen LogP contribution in [0.15, 0.2) is 34.8 Å². The highest BCUT2D eigenvalue weighted by Crippen LogP contribution is 2.35. The van der Waals surface area contributed by atoms with E-state index in [4.69, 9.17) is 9.47 Å². The zero-order valence-electron chi connectivity index (χ0n) is 14.7. The summed E-state index contributed by atoms with van der Waals surface area (Å²) in [6.45, 7) is 2.25. The van der Waals surface area contributed by atoms with Crippen molar-refractivity contribution in [3.63, 3.8) is 0 Å². The molecule has 1 atom stereocenters. The van der Waals surface area contributed by atoms with Crippen LogP contribution in [0.5, 0.6) is 11.5 Å². The van der Waals surface area contributed by atoms with E-state index in [1.54, 1.807) is 0 Å². The second kappa shape index (κ2) is 7.57. The summed E-state index contributed by atoms with van der Waals surface area (Å²) in [7, 11) is 1.85. The maximum absolute atomic E-state index is 12.1. The summed E-state index contributed by atoms with van der Waals surface area (Å²) in [5, 5.41) is 14.3. The summed E-state index contributed by atoms with van der Waals surface area (Å²) in [5.41, 5.74) is 0.886. The minimum absolute atomic E-state index is 0.134. The van der Waals surface area contributed by atoms with Crippen LogP contribution in [0.1, 0.15) is 17.6 Å². The fourth-order valence-electron chi connectivity index (χ4n) is 2.58. The summed E-state index contributed by atoms with van der Waals surface area (Å²) < 4.78 is 13.5. The minimum atomic E-state index is -0.348. The number of benzene rings is 1. The number of hydrogen-bond donors (Lipinski definition) is 1. The quantitative estimate of drug-likeness (QED) is 0.655. The number of aromatic nitrogens is 4. The van der Waals surface area contributed by atoms with Crippen molar-refractivity contribution in [2.75, 3.05) is 17.7 Å². The van der Waals surface area contributed by atoms with Crippen molar-refractivity contribution in [3.8, 4) is 11.5 Å². The lowest BCUT2D eigenvalue weighted by atomic mass is 10.2. The number of nitrogens with one attached hydrogen (secondary N) is 1. The lowest BCUT2D eigenvalue weighted by molar-refractivity contribution is -0.113. The van der Waals surface area contributed by atoms with E-state index >= 15 is 0 Å². The fourth-order valence-corrected chi connectivity index (χ4v) is 4.00. The van der Waals surface area contributed by atoms with Crippen molar-refractivity contribution in [1.29, 1.82) is 0 Å². The highest BCUT2D eigenvalue weighted by atomic mass is 32.2. The van der Waals surface area contributed by atoms with Crippen LogP contribution in [-0.2, 0) is 11.8 Å². The van der Waals surface area contributed by atoms with Crippen LogP contribution in [0.25, 0.3) is 0 Å². The largest absolute Gasteiger partial charge is 0.485 e. The Kier molecular flexibility index (Phi) is 4.99. The van der Waals surface area contributed by atoms with Crippen LogP contribution >= 0.6 is 23.1 Å². The predicted molar refractivity (Wildman–Crippen MR) is 103 cm³/mol. The van der Waals surface area contributed by atoms with Crippen molar-refractivity contribution in [2.24, 2.45) is 7.05 Å². The molecule has 0 aliphatic carbocycles. The van der Waals surface area contributed by atoms with Gasteiger partial charge in [0.15, 0.2) is 33.7 Å². The van der Waals surface area contributed by atoms with Gasteiger partial charge in [0.1, 0.15) is 6.61 Å². The molecule has 0 saturated carbocycles. The first-order valence-electron chi connectivity index (χ1n) is 8.22.